The minimum absolute atomic E-state index is 0.0169. The van der Waals surface area contributed by atoms with E-state index in [9.17, 15) is 15.4 Å². The normalized spacial score (nSPS) is 11.1. The van der Waals surface area contributed by atoms with E-state index in [0.29, 0.717) is 34.1 Å². The summed E-state index contributed by atoms with van der Waals surface area (Å²) >= 11 is 6.13. The molecule has 6 heteroatoms. The molecule has 0 aliphatic rings. The number of nitrogens with zero attached hydrogens (tertiary/aromatic N) is 2. The number of hydrogen-bond donors (Lipinski definition) is 0. The molecule has 29 heavy (non-hydrogen) atoms. The highest BCUT2D eigenvalue weighted by atomic mass is 35.5. The largest absolute Gasteiger partial charge is 0.493 e. The Morgan fingerprint density at radius 3 is 2.48 bits per heavy atom. The predicted octanol–water partition coefficient (Wildman–Crippen LogP) is 7.05. The number of nitro groups is 1. The molecule has 0 fully saturated rings. The van der Waals surface area contributed by atoms with E-state index >= 15 is 0 Å². The molecular formula is C23H25ClN2O3. The molecule has 0 bridgehead atoms. The average Bonchev–Trinajstić information content (AvgIpc) is 2.72. The van der Waals surface area contributed by atoms with Gasteiger partial charge in [-0.2, -0.15) is 5.26 Å². The first-order valence-electron chi connectivity index (χ1n) is 9.84. The zero-order valence-corrected chi connectivity index (χ0v) is 17.3. The summed E-state index contributed by atoms with van der Waals surface area (Å²) in [6.07, 6.45) is 8.77. The van der Waals surface area contributed by atoms with Gasteiger partial charge in [0.2, 0.25) is 0 Å². The van der Waals surface area contributed by atoms with Gasteiger partial charge in [0.15, 0.2) is 0 Å². The van der Waals surface area contributed by atoms with E-state index in [2.05, 4.69) is 13.0 Å². The Labute approximate surface area is 176 Å². The topological polar surface area (TPSA) is 76.2 Å². The van der Waals surface area contributed by atoms with Crippen molar-refractivity contribution in [3.63, 3.8) is 0 Å². The van der Waals surface area contributed by atoms with Gasteiger partial charge >= 0.3 is 0 Å². The molecule has 0 unspecified atom stereocenters. The van der Waals surface area contributed by atoms with Crippen LogP contribution in [-0.4, -0.2) is 11.5 Å². The molecule has 2 aromatic rings. The van der Waals surface area contributed by atoms with Crippen LogP contribution < -0.4 is 4.74 Å². The van der Waals surface area contributed by atoms with Gasteiger partial charge in [-0.15, -0.1) is 0 Å². The van der Waals surface area contributed by atoms with Gasteiger partial charge in [-0.25, -0.2) is 0 Å². The number of non-ortho nitro benzene ring substituents is 1. The number of nitro benzene ring substituents is 1. The van der Waals surface area contributed by atoms with Gasteiger partial charge in [0.05, 0.1) is 23.2 Å². The summed E-state index contributed by atoms with van der Waals surface area (Å²) in [6.45, 7) is 2.80. The molecular weight excluding hydrogens is 388 g/mol. The molecule has 5 nitrogen and oxygen atoms in total. The van der Waals surface area contributed by atoms with E-state index in [1.54, 1.807) is 36.4 Å². The van der Waals surface area contributed by atoms with Gasteiger partial charge in [-0.05, 0) is 48.4 Å². The average molecular weight is 413 g/mol. The van der Waals surface area contributed by atoms with Crippen LogP contribution in [0.3, 0.4) is 0 Å². The Kier molecular flexibility index (Phi) is 9.20. The Balaban J connectivity index is 2.12. The minimum atomic E-state index is -0.468. The van der Waals surface area contributed by atoms with Crippen molar-refractivity contribution >= 4 is 28.9 Å². The zero-order chi connectivity index (χ0) is 21.1. The summed E-state index contributed by atoms with van der Waals surface area (Å²) < 4.78 is 5.93. The van der Waals surface area contributed by atoms with Crippen LogP contribution in [0.15, 0.2) is 42.5 Å². The second-order valence-electron chi connectivity index (χ2n) is 6.77. The van der Waals surface area contributed by atoms with Crippen molar-refractivity contribution < 1.29 is 9.66 Å². The fraction of sp³-hybridized carbons (Fsp3) is 0.348. The van der Waals surface area contributed by atoms with E-state index in [1.807, 2.05) is 0 Å². The van der Waals surface area contributed by atoms with Gasteiger partial charge in [0.25, 0.3) is 5.69 Å². The highest BCUT2D eigenvalue weighted by Gasteiger charge is 2.09. The maximum absolute atomic E-state index is 10.8. The third-order valence-corrected chi connectivity index (χ3v) is 4.77. The van der Waals surface area contributed by atoms with Crippen molar-refractivity contribution in [1.82, 2.24) is 0 Å². The zero-order valence-electron chi connectivity index (χ0n) is 16.6. The van der Waals surface area contributed by atoms with Crippen molar-refractivity contribution in [2.75, 3.05) is 6.61 Å². The molecule has 0 saturated heterocycles. The lowest BCUT2D eigenvalue weighted by Crippen LogP contribution is -1.99. The summed E-state index contributed by atoms with van der Waals surface area (Å²) in [4.78, 5) is 10.4. The van der Waals surface area contributed by atoms with E-state index in [4.69, 9.17) is 16.3 Å². The summed E-state index contributed by atoms with van der Waals surface area (Å²) in [6, 6.07) is 13.4. The SMILES string of the molecule is CCCCCCCCOc1ccc(Cl)cc1/C=C(\C#N)c1ccc([N+](=O)[O-])cc1. The Bertz CT molecular complexity index is 886. The molecule has 0 radical (unpaired) electrons. The van der Waals surface area contributed by atoms with E-state index < -0.39 is 4.92 Å². The molecule has 0 saturated carbocycles. The maximum Gasteiger partial charge on any atom is 0.269 e. The van der Waals surface area contributed by atoms with Gasteiger partial charge in [0.1, 0.15) is 5.75 Å². The van der Waals surface area contributed by atoms with Gasteiger partial charge in [-0.1, -0.05) is 50.6 Å². The van der Waals surface area contributed by atoms with Crippen molar-refractivity contribution in [2.45, 2.75) is 45.4 Å². The Hall–Kier alpha value is -2.84. The maximum atomic E-state index is 10.8. The molecule has 0 N–H and O–H groups in total. The van der Waals surface area contributed by atoms with Crippen molar-refractivity contribution in [3.8, 4) is 11.8 Å². The monoisotopic (exact) mass is 412 g/mol. The number of unbranched alkanes of at least 4 members (excludes halogenated alkanes) is 5. The van der Waals surface area contributed by atoms with Crippen LogP contribution >= 0.6 is 11.6 Å². The summed E-state index contributed by atoms with van der Waals surface area (Å²) in [5, 5.41) is 20.9. The summed E-state index contributed by atoms with van der Waals surface area (Å²) in [5.74, 6) is 0.664. The van der Waals surface area contributed by atoms with Crippen molar-refractivity contribution in [3.05, 3.63) is 68.7 Å². The predicted molar refractivity (Wildman–Crippen MR) is 117 cm³/mol. The van der Waals surface area contributed by atoms with Crippen LogP contribution in [0.1, 0.15) is 56.6 Å². The highest BCUT2D eigenvalue weighted by Crippen LogP contribution is 2.28. The number of halogens is 1. The van der Waals surface area contributed by atoms with Crippen LogP contribution in [0.4, 0.5) is 5.69 Å². The third-order valence-electron chi connectivity index (χ3n) is 4.54. The van der Waals surface area contributed by atoms with Crippen molar-refractivity contribution in [2.24, 2.45) is 0 Å². The molecule has 0 spiro atoms. The van der Waals surface area contributed by atoms with Crippen LogP contribution in [0, 0.1) is 21.4 Å². The lowest BCUT2D eigenvalue weighted by Gasteiger charge is -2.10. The first kappa shape index (κ1) is 22.4. The Morgan fingerprint density at radius 2 is 1.83 bits per heavy atom. The lowest BCUT2D eigenvalue weighted by molar-refractivity contribution is -0.384. The molecule has 152 valence electrons. The smallest absolute Gasteiger partial charge is 0.269 e. The molecule has 0 heterocycles. The molecule has 0 atom stereocenters. The molecule has 0 aliphatic carbocycles. The number of nitriles is 1. The number of ether oxygens (including phenoxy) is 1. The number of allylic oxidation sites excluding steroid dienone is 1. The number of hydrogen-bond acceptors (Lipinski definition) is 4. The fourth-order valence-electron chi connectivity index (χ4n) is 2.93. The standard InChI is InChI=1S/C23H25ClN2O3/c1-2-3-4-5-6-7-14-29-23-13-10-21(24)16-19(23)15-20(17-25)18-8-11-22(12-9-18)26(27)28/h8-13,15-16H,2-7,14H2,1H3/b20-15+. The molecule has 2 aromatic carbocycles. The van der Waals surface area contributed by atoms with Crippen molar-refractivity contribution in [1.29, 1.82) is 5.26 Å². The second kappa shape index (κ2) is 11.9. The quantitative estimate of drug-likeness (QED) is 0.130. The third kappa shape index (κ3) is 7.24. The molecule has 0 aromatic heterocycles. The van der Waals surface area contributed by atoms with E-state index in [1.165, 1.54) is 37.8 Å². The van der Waals surface area contributed by atoms with Crippen LogP contribution in [0.2, 0.25) is 5.02 Å². The van der Waals surface area contributed by atoms with Crippen LogP contribution in [0.5, 0.6) is 5.75 Å². The van der Waals surface area contributed by atoms with Gasteiger partial charge in [0, 0.05) is 22.7 Å². The lowest BCUT2D eigenvalue weighted by atomic mass is 10.0. The summed E-state index contributed by atoms with van der Waals surface area (Å²) in [5.41, 5.74) is 1.67. The first-order valence-corrected chi connectivity index (χ1v) is 10.2. The first-order chi connectivity index (χ1) is 14.0. The number of rotatable bonds is 11. The van der Waals surface area contributed by atoms with Gasteiger partial charge < -0.3 is 4.74 Å². The summed E-state index contributed by atoms with van der Waals surface area (Å²) in [7, 11) is 0. The van der Waals surface area contributed by atoms with Crippen LogP contribution in [0.25, 0.3) is 11.6 Å². The fourth-order valence-corrected chi connectivity index (χ4v) is 3.11. The molecule has 0 amide bonds. The molecule has 2 rings (SSSR count). The molecule has 0 aliphatic heterocycles. The van der Waals surface area contributed by atoms with Gasteiger partial charge in [-0.3, -0.25) is 10.1 Å². The van der Waals surface area contributed by atoms with E-state index in [-0.39, 0.29) is 5.69 Å². The second-order valence-corrected chi connectivity index (χ2v) is 7.21. The number of benzene rings is 2. The van der Waals surface area contributed by atoms with E-state index in [0.717, 1.165) is 12.8 Å². The minimum Gasteiger partial charge on any atom is -0.493 e. The van der Waals surface area contributed by atoms with Crippen LogP contribution in [-0.2, 0) is 0 Å². The highest BCUT2D eigenvalue weighted by molar-refractivity contribution is 6.30. The Morgan fingerprint density at radius 1 is 1.14 bits per heavy atom.